The molecule has 1 fully saturated rings. The molecular weight excluding hydrogens is 264 g/mol. The smallest absolute Gasteiger partial charge is 0.183 e. The monoisotopic (exact) mass is 280 g/mol. The van der Waals surface area contributed by atoms with E-state index in [2.05, 4.69) is 25.8 Å². The summed E-state index contributed by atoms with van der Waals surface area (Å²) in [4.78, 5) is 12.7. The van der Waals surface area contributed by atoms with Gasteiger partial charge in [0.15, 0.2) is 11.5 Å². The second kappa shape index (κ2) is 5.67. The molecule has 0 radical (unpaired) electrons. The standard InChI is InChI=1S/C15H16N6/c16-11-13-15(19-6-5-18-13)21-9-7-20(8-10-21)14-4-2-1-3-12(14)17/h1-6H,7-10,17H2. The van der Waals surface area contributed by atoms with Crippen LogP contribution in [-0.2, 0) is 0 Å². The molecule has 0 bridgehead atoms. The molecule has 2 N–H and O–H groups in total. The molecule has 6 nitrogen and oxygen atoms in total. The van der Waals surface area contributed by atoms with Crippen molar-refractivity contribution in [3.05, 3.63) is 42.4 Å². The quantitative estimate of drug-likeness (QED) is 0.834. The zero-order chi connectivity index (χ0) is 14.7. The molecule has 3 rings (SSSR count). The third-order valence-electron chi connectivity index (χ3n) is 3.64. The first-order valence-corrected chi connectivity index (χ1v) is 6.85. The Labute approximate surface area is 123 Å². The number of rotatable bonds is 2. The molecule has 0 atom stereocenters. The Morgan fingerprint density at radius 2 is 1.67 bits per heavy atom. The minimum Gasteiger partial charge on any atom is -0.397 e. The highest BCUT2D eigenvalue weighted by atomic mass is 15.3. The largest absolute Gasteiger partial charge is 0.397 e. The van der Waals surface area contributed by atoms with Crippen LogP contribution < -0.4 is 15.5 Å². The molecule has 0 amide bonds. The summed E-state index contributed by atoms with van der Waals surface area (Å²) < 4.78 is 0. The maximum atomic E-state index is 9.11. The fourth-order valence-corrected chi connectivity index (χ4v) is 2.58. The van der Waals surface area contributed by atoms with Gasteiger partial charge in [0.2, 0.25) is 0 Å². The van der Waals surface area contributed by atoms with Crippen LogP contribution in [0.4, 0.5) is 17.2 Å². The molecule has 1 aromatic carbocycles. The molecule has 1 aliphatic rings. The van der Waals surface area contributed by atoms with Crippen LogP contribution in [0.1, 0.15) is 5.69 Å². The minimum atomic E-state index is 0.380. The number of para-hydroxylation sites is 2. The zero-order valence-corrected chi connectivity index (χ0v) is 11.6. The van der Waals surface area contributed by atoms with Crippen molar-refractivity contribution in [2.24, 2.45) is 0 Å². The van der Waals surface area contributed by atoms with Gasteiger partial charge in [-0.2, -0.15) is 5.26 Å². The molecule has 0 saturated carbocycles. The van der Waals surface area contributed by atoms with Gasteiger partial charge in [0.25, 0.3) is 0 Å². The van der Waals surface area contributed by atoms with Gasteiger partial charge < -0.3 is 15.5 Å². The van der Waals surface area contributed by atoms with Crippen LogP contribution >= 0.6 is 0 Å². The SMILES string of the molecule is N#Cc1nccnc1N1CCN(c2ccccc2N)CC1. The minimum absolute atomic E-state index is 0.380. The fourth-order valence-electron chi connectivity index (χ4n) is 2.58. The van der Waals surface area contributed by atoms with Crippen molar-refractivity contribution in [3.8, 4) is 6.07 Å². The topological polar surface area (TPSA) is 82.1 Å². The summed E-state index contributed by atoms with van der Waals surface area (Å²) >= 11 is 0. The lowest BCUT2D eigenvalue weighted by atomic mass is 10.2. The molecule has 1 aromatic heterocycles. The van der Waals surface area contributed by atoms with Crippen LogP contribution in [0, 0.1) is 11.3 Å². The van der Waals surface area contributed by atoms with Crippen LogP contribution in [0.15, 0.2) is 36.7 Å². The van der Waals surface area contributed by atoms with Crippen molar-refractivity contribution in [2.75, 3.05) is 41.7 Å². The number of benzene rings is 1. The van der Waals surface area contributed by atoms with Crippen molar-refractivity contribution in [1.82, 2.24) is 9.97 Å². The predicted molar refractivity (Wildman–Crippen MR) is 82.0 cm³/mol. The first-order chi connectivity index (χ1) is 10.3. The van der Waals surface area contributed by atoms with Gasteiger partial charge in [-0.3, -0.25) is 0 Å². The Hall–Kier alpha value is -2.81. The number of anilines is 3. The Bertz CT molecular complexity index is 670. The second-order valence-corrected chi connectivity index (χ2v) is 4.87. The number of nitrogens with two attached hydrogens (primary N) is 1. The van der Waals surface area contributed by atoms with Gasteiger partial charge in [-0.05, 0) is 12.1 Å². The van der Waals surface area contributed by atoms with Gasteiger partial charge in [-0.25, -0.2) is 9.97 Å². The van der Waals surface area contributed by atoms with Crippen molar-refractivity contribution in [1.29, 1.82) is 5.26 Å². The molecule has 21 heavy (non-hydrogen) atoms. The molecule has 6 heteroatoms. The van der Waals surface area contributed by atoms with Crippen molar-refractivity contribution < 1.29 is 0 Å². The lowest BCUT2D eigenvalue weighted by Crippen LogP contribution is -2.47. The number of nitriles is 1. The maximum Gasteiger partial charge on any atom is 0.183 e. The summed E-state index contributed by atoms with van der Waals surface area (Å²) in [6.07, 6.45) is 3.17. The van der Waals surface area contributed by atoms with Gasteiger partial charge in [-0.15, -0.1) is 0 Å². The normalized spacial score (nSPS) is 14.8. The van der Waals surface area contributed by atoms with E-state index in [1.807, 2.05) is 24.3 Å². The highest BCUT2D eigenvalue weighted by Crippen LogP contribution is 2.25. The predicted octanol–water partition coefficient (Wildman–Crippen LogP) is 1.26. The van der Waals surface area contributed by atoms with E-state index in [-0.39, 0.29) is 0 Å². The zero-order valence-electron chi connectivity index (χ0n) is 11.6. The molecule has 2 aromatic rings. The van der Waals surface area contributed by atoms with E-state index in [0.29, 0.717) is 11.5 Å². The van der Waals surface area contributed by atoms with Gasteiger partial charge in [0, 0.05) is 38.6 Å². The molecule has 1 saturated heterocycles. The van der Waals surface area contributed by atoms with E-state index in [1.54, 1.807) is 12.4 Å². The number of hydrogen-bond acceptors (Lipinski definition) is 6. The number of nitrogen functional groups attached to an aromatic ring is 1. The summed E-state index contributed by atoms with van der Waals surface area (Å²) in [5, 5.41) is 9.11. The summed E-state index contributed by atoms with van der Waals surface area (Å²) in [7, 11) is 0. The van der Waals surface area contributed by atoms with Crippen LogP contribution in [0.3, 0.4) is 0 Å². The van der Waals surface area contributed by atoms with E-state index in [1.165, 1.54) is 0 Å². The highest BCUT2D eigenvalue weighted by Gasteiger charge is 2.21. The molecule has 106 valence electrons. The Morgan fingerprint density at radius 1 is 1.00 bits per heavy atom. The first kappa shape index (κ1) is 13.2. The van der Waals surface area contributed by atoms with Crippen molar-refractivity contribution in [3.63, 3.8) is 0 Å². The second-order valence-electron chi connectivity index (χ2n) is 4.87. The summed E-state index contributed by atoms with van der Waals surface area (Å²) in [6, 6.07) is 9.98. The highest BCUT2D eigenvalue weighted by molar-refractivity contribution is 5.68. The van der Waals surface area contributed by atoms with Gasteiger partial charge in [0.05, 0.1) is 11.4 Å². The van der Waals surface area contributed by atoms with Crippen molar-refractivity contribution >= 4 is 17.2 Å². The average Bonchev–Trinajstić information content (AvgIpc) is 2.55. The van der Waals surface area contributed by atoms with Gasteiger partial charge >= 0.3 is 0 Å². The van der Waals surface area contributed by atoms with Gasteiger partial charge in [-0.1, -0.05) is 12.1 Å². The first-order valence-electron chi connectivity index (χ1n) is 6.85. The number of aromatic nitrogens is 2. The molecule has 0 unspecified atom stereocenters. The van der Waals surface area contributed by atoms with E-state index in [0.717, 1.165) is 37.6 Å². The van der Waals surface area contributed by atoms with Crippen LogP contribution in [0.5, 0.6) is 0 Å². The number of nitrogens with zero attached hydrogens (tertiary/aromatic N) is 5. The fraction of sp³-hybridized carbons (Fsp3) is 0.267. The molecule has 2 heterocycles. The molecular formula is C15H16N6. The van der Waals surface area contributed by atoms with E-state index >= 15 is 0 Å². The summed E-state index contributed by atoms with van der Waals surface area (Å²) in [5.41, 5.74) is 8.26. The Morgan fingerprint density at radius 3 is 2.38 bits per heavy atom. The molecule has 0 spiro atoms. The molecule has 1 aliphatic heterocycles. The number of hydrogen-bond donors (Lipinski definition) is 1. The third kappa shape index (κ3) is 2.58. The van der Waals surface area contributed by atoms with E-state index in [9.17, 15) is 0 Å². The molecule has 0 aliphatic carbocycles. The van der Waals surface area contributed by atoms with Crippen LogP contribution in [-0.4, -0.2) is 36.1 Å². The van der Waals surface area contributed by atoms with Crippen LogP contribution in [0.2, 0.25) is 0 Å². The van der Waals surface area contributed by atoms with E-state index in [4.69, 9.17) is 11.0 Å². The average molecular weight is 280 g/mol. The lowest BCUT2D eigenvalue weighted by molar-refractivity contribution is 0.646. The van der Waals surface area contributed by atoms with Crippen molar-refractivity contribution in [2.45, 2.75) is 0 Å². The van der Waals surface area contributed by atoms with Crippen LogP contribution in [0.25, 0.3) is 0 Å². The van der Waals surface area contributed by atoms with Gasteiger partial charge in [0.1, 0.15) is 6.07 Å². The maximum absolute atomic E-state index is 9.11. The Kier molecular flexibility index (Phi) is 3.56. The summed E-state index contributed by atoms with van der Waals surface area (Å²) in [6.45, 7) is 3.27. The Balaban J connectivity index is 1.74. The third-order valence-corrected chi connectivity index (χ3v) is 3.64. The van der Waals surface area contributed by atoms with E-state index < -0.39 is 0 Å². The summed E-state index contributed by atoms with van der Waals surface area (Å²) in [5.74, 6) is 0.667. The number of piperazine rings is 1. The lowest BCUT2D eigenvalue weighted by Gasteiger charge is -2.37.